The van der Waals surface area contributed by atoms with Crippen LogP contribution in [-0.2, 0) is 0 Å². The van der Waals surface area contributed by atoms with Crippen LogP contribution in [0.25, 0.3) is 0 Å². The number of hydrogen-bond acceptors (Lipinski definition) is 2. The van der Waals surface area contributed by atoms with Crippen molar-refractivity contribution in [3.63, 3.8) is 0 Å². The van der Waals surface area contributed by atoms with Gasteiger partial charge >= 0.3 is 0 Å². The van der Waals surface area contributed by atoms with Crippen LogP contribution < -0.4 is 10.2 Å². The molecule has 0 bridgehead atoms. The van der Waals surface area contributed by atoms with Gasteiger partial charge in [0.2, 0.25) is 0 Å². The van der Waals surface area contributed by atoms with Gasteiger partial charge in [-0.1, -0.05) is 31.0 Å². The van der Waals surface area contributed by atoms with Crippen molar-refractivity contribution >= 4 is 5.69 Å². The zero-order valence-corrected chi connectivity index (χ0v) is 11.0. The van der Waals surface area contributed by atoms with Gasteiger partial charge in [0.05, 0.1) is 0 Å². The maximum Gasteiger partial charge on any atom is 0.0363 e. The summed E-state index contributed by atoms with van der Waals surface area (Å²) in [5.74, 6) is 0.719. The van der Waals surface area contributed by atoms with Crippen molar-refractivity contribution < 1.29 is 0 Å². The Morgan fingerprint density at radius 1 is 1.25 bits per heavy atom. The van der Waals surface area contributed by atoms with Crippen LogP contribution in [0.1, 0.15) is 18.9 Å². The van der Waals surface area contributed by atoms with Gasteiger partial charge in [0.25, 0.3) is 0 Å². The van der Waals surface area contributed by atoms with E-state index in [0.717, 1.165) is 19.0 Å². The normalized spacial score (nSPS) is 12.5. The molecule has 90 valence electrons. The van der Waals surface area contributed by atoms with Crippen molar-refractivity contribution in [1.29, 1.82) is 0 Å². The largest absolute Gasteiger partial charge is 0.374 e. The Hall–Kier alpha value is -1.02. The fraction of sp³-hybridized carbons (Fsp3) is 0.571. The first-order chi connectivity index (χ1) is 7.67. The Kier molecular flexibility index (Phi) is 5.33. The van der Waals surface area contributed by atoms with E-state index in [1.54, 1.807) is 0 Å². The average molecular weight is 220 g/mol. The second kappa shape index (κ2) is 6.54. The SMILES string of the molecule is CCC(CNC)CN(C)c1ccc(C)cc1. The van der Waals surface area contributed by atoms with Crippen LogP contribution in [0.5, 0.6) is 0 Å². The molecule has 1 unspecified atom stereocenters. The zero-order valence-electron chi connectivity index (χ0n) is 11.0. The molecule has 0 aliphatic heterocycles. The monoisotopic (exact) mass is 220 g/mol. The molecule has 1 rings (SSSR count). The molecule has 0 aliphatic carbocycles. The number of nitrogens with one attached hydrogen (secondary N) is 1. The van der Waals surface area contributed by atoms with Crippen molar-refractivity contribution in [3.05, 3.63) is 29.8 Å². The molecule has 0 saturated heterocycles. The van der Waals surface area contributed by atoms with E-state index in [2.05, 4.69) is 55.4 Å². The molecular formula is C14H24N2. The smallest absolute Gasteiger partial charge is 0.0363 e. The highest BCUT2D eigenvalue weighted by atomic mass is 15.1. The van der Waals surface area contributed by atoms with E-state index >= 15 is 0 Å². The number of benzene rings is 1. The summed E-state index contributed by atoms with van der Waals surface area (Å²) >= 11 is 0. The standard InChI is InChI=1S/C14H24N2/c1-5-13(10-15-3)11-16(4)14-8-6-12(2)7-9-14/h6-9,13,15H,5,10-11H2,1-4H3. The molecule has 0 radical (unpaired) electrons. The molecular weight excluding hydrogens is 196 g/mol. The summed E-state index contributed by atoms with van der Waals surface area (Å²) in [7, 11) is 4.19. The first kappa shape index (κ1) is 13.0. The summed E-state index contributed by atoms with van der Waals surface area (Å²) in [4.78, 5) is 2.34. The van der Waals surface area contributed by atoms with Gasteiger partial charge in [-0.3, -0.25) is 0 Å². The number of nitrogens with zero attached hydrogens (tertiary/aromatic N) is 1. The second-order valence-electron chi connectivity index (χ2n) is 4.55. The van der Waals surface area contributed by atoms with Crippen molar-refractivity contribution in [2.75, 3.05) is 32.1 Å². The van der Waals surface area contributed by atoms with Crippen LogP contribution >= 0.6 is 0 Å². The number of aryl methyl sites for hydroxylation is 1. The van der Waals surface area contributed by atoms with Crippen molar-refractivity contribution in [2.24, 2.45) is 5.92 Å². The summed E-state index contributed by atoms with van der Waals surface area (Å²) in [5, 5.41) is 3.26. The molecule has 0 aliphatic rings. The minimum Gasteiger partial charge on any atom is -0.374 e. The lowest BCUT2D eigenvalue weighted by molar-refractivity contribution is 0.485. The van der Waals surface area contributed by atoms with Gasteiger partial charge in [0.1, 0.15) is 0 Å². The van der Waals surface area contributed by atoms with E-state index in [0.29, 0.717) is 0 Å². The minimum absolute atomic E-state index is 0.719. The number of anilines is 1. The highest BCUT2D eigenvalue weighted by molar-refractivity contribution is 5.46. The maximum absolute atomic E-state index is 3.26. The van der Waals surface area contributed by atoms with E-state index in [4.69, 9.17) is 0 Å². The predicted octanol–water partition coefficient (Wildman–Crippen LogP) is 2.68. The molecule has 1 aromatic carbocycles. The summed E-state index contributed by atoms with van der Waals surface area (Å²) in [6.45, 7) is 6.58. The lowest BCUT2D eigenvalue weighted by Gasteiger charge is -2.25. The van der Waals surface area contributed by atoms with Crippen molar-refractivity contribution in [3.8, 4) is 0 Å². The third kappa shape index (κ3) is 3.86. The summed E-state index contributed by atoms with van der Waals surface area (Å²) < 4.78 is 0. The minimum atomic E-state index is 0.719. The average Bonchev–Trinajstić information content (AvgIpc) is 2.29. The molecule has 2 nitrogen and oxygen atoms in total. The van der Waals surface area contributed by atoms with Crippen LogP contribution in [0.15, 0.2) is 24.3 Å². The molecule has 0 aromatic heterocycles. The van der Waals surface area contributed by atoms with Gasteiger partial charge in [-0.05, 0) is 38.6 Å². The quantitative estimate of drug-likeness (QED) is 0.793. The highest BCUT2D eigenvalue weighted by Crippen LogP contribution is 2.15. The summed E-state index contributed by atoms with van der Waals surface area (Å²) in [5.41, 5.74) is 2.62. The van der Waals surface area contributed by atoms with E-state index in [9.17, 15) is 0 Å². The molecule has 0 saturated carbocycles. The Labute approximate surface area is 99.7 Å². The van der Waals surface area contributed by atoms with Crippen LogP contribution in [0.2, 0.25) is 0 Å². The van der Waals surface area contributed by atoms with Crippen molar-refractivity contribution in [2.45, 2.75) is 20.3 Å². The molecule has 0 spiro atoms. The highest BCUT2D eigenvalue weighted by Gasteiger charge is 2.09. The van der Waals surface area contributed by atoms with Gasteiger partial charge in [0.15, 0.2) is 0 Å². The van der Waals surface area contributed by atoms with Gasteiger partial charge < -0.3 is 10.2 Å². The molecule has 16 heavy (non-hydrogen) atoms. The Bertz CT molecular complexity index is 292. The second-order valence-corrected chi connectivity index (χ2v) is 4.55. The summed E-state index contributed by atoms with van der Waals surface area (Å²) in [6.07, 6.45) is 1.22. The summed E-state index contributed by atoms with van der Waals surface area (Å²) in [6, 6.07) is 8.73. The van der Waals surface area contributed by atoms with Gasteiger partial charge in [0, 0.05) is 19.3 Å². The van der Waals surface area contributed by atoms with Gasteiger partial charge in [-0.15, -0.1) is 0 Å². The van der Waals surface area contributed by atoms with Crippen LogP contribution in [0.4, 0.5) is 5.69 Å². The molecule has 1 aromatic rings. The lowest BCUT2D eigenvalue weighted by atomic mass is 10.1. The third-order valence-electron chi connectivity index (χ3n) is 3.08. The molecule has 2 heteroatoms. The van der Waals surface area contributed by atoms with Crippen LogP contribution in [0, 0.1) is 12.8 Å². The predicted molar refractivity (Wildman–Crippen MR) is 72.2 cm³/mol. The molecule has 1 atom stereocenters. The fourth-order valence-corrected chi connectivity index (χ4v) is 1.92. The van der Waals surface area contributed by atoms with Crippen LogP contribution in [0.3, 0.4) is 0 Å². The van der Waals surface area contributed by atoms with Crippen LogP contribution in [-0.4, -0.2) is 27.2 Å². The topological polar surface area (TPSA) is 15.3 Å². The third-order valence-corrected chi connectivity index (χ3v) is 3.08. The lowest BCUT2D eigenvalue weighted by Crippen LogP contribution is -2.30. The Balaban J connectivity index is 2.56. The first-order valence-electron chi connectivity index (χ1n) is 6.09. The van der Waals surface area contributed by atoms with Gasteiger partial charge in [-0.2, -0.15) is 0 Å². The van der Waals surface area contributed by atoms with E-state index in [-0.39, 0.29) is 0 Å². The Morgan fingerprint density at radius 2 is 1.88 bits per heavy atom. The molecule has 0 amide bonds. The van der Waals surface area contributed by atoms with E-state index < -0.39 is 0 Å². The molecule has 1 N–H and O–H groups in total. The number of rotatable bonds is 6. The zero-order chi connectivity index (χ0) is 12.0. The maximum atomic E-state index is 3.26. The fourth-order valence-electron chi connectivity index (χ4n) is 1.92. The Morgan fingerprint density at radius 3 is 2.38 bits per heavy atom. The van der Waals surface area contributed by atoms with E-state index in [1.807, 2.05) is 7.05 Å². The molecule has 0 heterocycles. The van der Waals surface area contributed by atoms with E-state index in [1.165, 1.54) is 17.7 Å². The first-order valence-corrected chi connectivity index (χ1v) is 6.09. The number of hydrogen-bond donors (Lipinski definition) is 1. The van der Waals surface area contributed by atoms with Gasteiger partial charge in [-0.25, -0.2) is 0 Å². The van der Waals surface area contributed by atoms with Crippen molar-refractivity contribution in [1.82, 2.24) is 5.32 Å². The molecule has 0 fully saturated rings.